The summed E-state index contributed by atoms with van der Waals surface area (Å²) in [6.07, 6.45) is 12.3. The predicted octanol–water partition coefficient (Wildman–Crippen LogP) is 2.69. The van der Waals surface area contributed by atoms with Gasteiger partial charge >= 0.3 is 0 Å². The molecule has 1 amide bonds. The van der Waals surface area contributed by atoms with Crippen molar-refractivity contribution in [2.75, 3.05) is 13.1 Å². The number of carbonyl (C=O) groups is 1. The first kappa shape index (κ1) is 13.4. The number of nitrogens with zero attached hydrogens (tertiary/aromatic N) is 1. The maximum Gasteiger partial charge on any atom is 0.222 e. The molecule has 0 unspecified atom stereocenters. The van der Waals surface area contributed by atoms with Gasteiger partial charge in [0.15, 0.2) is 0 Å². The summed E-state index contributed by atoms with van der Waals surface area (Å²) in [6, 6.07) is 0.273. The summed E-state index contributed by atoms with van der Waals surface area (Å²) in [7, 11) is 0. The lowest BCUT2D eigenvalue weighted by atomic mass is 9.73. The van der Waals surface area contributed by atoms with Crippen molar-refractivity contribution in [1.82, 2.24) is 4.90 Å². The van der Waals surface area contributed by atoms with Crippen molar-refractivity contribution in [1.29, 1.82) is 0 Å². The molecule has 1 aliphatic heterocycles. The third-order valence-electron chi connectivity index (χ3n) is 5.86. The molecule has 108 valence electrons. The molecule has 2 atom stereocenters. The molecular weight excluding hydrogens is 236 g/mol. The smallest absolute Gasteiger partial charge is 0.222 e. The zero-order valence-corrected chi connectivity index (χ0v) is 12.1. The van der Waals surface area contributed by atoms with Crippen LogP contribution in [0.4, 0.5) is 0 Å². The summed E-state index contributed by atoms with van der Waals surface area (Å²) < 4.78 is 0. The van der Waals surface area contributed by atoms with Crippen LogP contribution in [-0.4, -0.2) is 29.9 Å². The minimum absolute atomic E-state index is 0.273. The van der Waals surface area contributed by atoms with Gasteiger partial charge in [-0.25, -0.2) is 0 Å². The lowest BCUT2D eigenvalue weighted by molar-refractivity contribution is -0.131. The van der Waals surface area contributed by atoms with Crippen LogP contribution >= 0.6 is 0 Å². The quantitative estimate of drug-likeness (QED) is 0.833. The number of hydrogen-bond acceptors (Lipinski definition) is 2. The molecule has 0 radical (unpaired) electrons. The van der Waals surface area contributed by atoms with Crippen LogP contribution in [0.5, 0.6) is 0 Å². The molecule has 3 heteroatoms. The number of hydrogen-bond donors (Lipinski definition) is 1. The monoisotopic (exact) mass is 264 g/mol. The zero-order valence-electron chi connectivity index (χ0n) is 12.1. The fraction of sp³-hybridized carbons (Fsp3) is 0.938. The van der Waals surface area contributed by atoms with Crippen molar-refractivity contribution in [3.63, 3.8) is 0 Å². The minimum atomic E-state index is 0.273. The third kappa shape index (κ3) is 2.81. The zero-order chi connectivity index (χ0) is 13.3. The molecule has 0 aromatic heterocycles. The van der Waals surface area contributed by atoms with E-state index in [2.05, 4.69) is 4.90 Å². The van der Waals surface area contributed by atoms with E-state index < -0.39 is 0 Å². The molecule has 2 saturated carbocycles. The molecule has 1 saturated heterocycles. The maximum absolute atomic E-state index is 12.4. The van der Waals surface area contributed by atoms with Crippen molar-refractivity contribution in [2.24, 2.45) is 17.1 Å². The average Bonchev–Trinajstić information content (AvgIpc) is 2.99. The highest BCUT2D eigenvalue weighted by atomic mass is 16.2. The summed E-state index contributed by atoms with van der Waals surface area (Å²) >= 11 is 0. The van der Waals surface area contributed by atoms with Crippen LogP contribution < -0.4 is 5.73 Å². The molecule has 0 aromatic rings. The van der Waals surface area contributed by atoms with Gasteiger partial charge in [-0.1, -0.05) is 25.7 Å². The van der Waals surface area contributed by atoms with Crippen molar-refractivity contribution in [2.45, 2.75) is 70.3 Å². The lowest BCUT2D eigenvalue weighted by Crippen LogP contribution is -2.36. The van der Waals surface area contributed by atoms with Gasteiger partial charge in [-0.2, -0.15) is 0 Å². The molecule has 2 N–H and O–H groups in total. The van der Waals surface area contributed by atoms with Gasteiger partial charge in [0.1, 0.15) is 0 Å². The molecule has 2 aliphatic carbocycles. The Morgan fingerprint density at radius 2 is 1.89 bits per heavy atom. The summed E-state index contributed by atoms with van der Waals surface area (Å²) in [5.41, 5.74) is 6.58. The summed E-state index contributed by atoms with van der Waals surface area (Å²) in [6.45, 7) is 2.04. The van der Waals surface area contributed by atoms with E-state index in [0.717, 1.165) is 25.9 Å². The van der Waals surface area contributed by atoms with Gasteiger partial charge in [-0.05, 0) is 43.4 Å². The van der Waals surface area contributed by atoms with Crippen LogP contribution in [0.25, 0.3) is 0 Å². The predicted molar refractivity (Wildman–Crippen MR) is 76.6 cm³/mol. The summed E-state index contributed by atoms with van der Waals surface area (Å²) in [5, 5.41) is 0. The van der Waals surface area contributed by atoms with Crippen LogP contribution in [0.15, 0.2) is 0 Å². The fourth-order valence-corrected chi connectivity index (χ4v) is 4.53. The molecule has 1 spiro atoms. The SMILES string of the molecule is N[C@@H]1CCC[C@H]1CC(=O)N1CCC2(CCCCC2)C1. The minimum Gasteiger partial charge on any atom is -0.342 e. The standard InChI is InChI=1S/C16H28N2O/c17-14-6-4-5-13(14)11-15(19)18-10-9-16(12-18)7-2-1-3-8-16/h13-14H,1-12,17H2/t13-,14+/m0/s1. The van der Waals surface area contributed by atoms with Gasteiger partial charge in [0.2, 0.25) is 5.91 Å². The van der Waals surface area contributed by atoms with E-state index in [0.29, 0.717) is 23.7 Å². The highest BCUT2D eigenvalue weighted by Crippen LogP contribution is 2.44. The van der Waals surface area contributed by atoms with Gasteiger partial charge in [-0.15, -0.1) is 0 Å². The van der Waals surface area contributed by atoms with Crippen LogP contribution in [0.2, 0.25) is 0 Å². The molecule has 0 bridgehead atoms. The van der Waals surface area contributed by atoms with Crippen molar-refractivity contribution in [3.8, 4) is 0 Å². The highest BCUT2D eigenvalue weighted by molar-refractivity contribution is 5.77. The molecule has 3 nitrogen and oxygen atoms in total. The first-order chi connectivity index (χ1) is 9.19. The Morgan fingerprint density at radius 1 is 1.11 bits per heavy atom. The summed E-state index contributed by atoms with van der Waals surface area (Å²) in [4.78, 5) is 14.6. The molecule has 19 heavy (non-hydrogen) atoms. The largest absolute Gasteiger partial charge is 0.342 e. The molecule has 0 aromatic carbocycles. The molecular formula is C16H28N2O. The number of carbonyl (C=O) groups excluding carboxylic acids is 1. The second-order valence-electron chi connectivity index (χ2n) is 7.18. The van der Waals surface area contributed by atoms with E-state index in [-0.39, 0.29) is 6.04 Å². The fourth-order valence-electron chi connectivity index (χ4n) is 4.53. The Bertz CT molecular complexity index is 336. The Morgan fingerprint density at radius 3 is 2.58 bits per heavy atom. The Labute approximate surface area is 116 Å². The third-order valence-corrected chi connectivity index (χ3v) is 5.86. The van der Waals surface area contributed by atoms with Crippen molar-refractivity contribution >= 4 is 5.91 Å². The van der Waals surface area contributed by atoms with E-state index >= 15 is 0 Å². The van der Waals surface area contributed by atoms with Crippen LogP contribution in [-0.2, 0) is 4.79 Å². The Kier molecular flexibility index (Phi) is 3.84. The average molecular weight is 264 g/mol. The van der Waals surface area contributed by atoms with Gasteiger partial charge in [-0.3, -0.25) is 4.79 Å². The number of rotatable bonds is 2. The highest BCUT2D eigenvalue weighted by Gasteiger charge is 2.41. The lowest BCUT2D eigenvalue weighted by Gasteiger charge is -2.33. The Hall–Kier alpha value is -0.570. The van der Waals surface area contributed by atoms with E-state index in [4.69, 9.17) is 5.73 Å². The normalized spacial score (nSPS) is 34.1. The van der Waals surface area contributed by atoms with Crippen molar-refractivity contribution < 1.29 is 4.79 Å². The van der Waals surface area contributed by atoms with E-state index in [1.807, 2.05) is 0 Å². The summed E-state index contributed by atoms with van der Waals surface area (Å²) in [5.74, 6) is 0.834. The second kappa shape index (κ2) is 5.43. The topological polar surface area (TPSA) is 46.3 Å². The Balaban J connectivity index is 1.54. The van der Waals surface area contributed by atoms with Crippen LogP contribution in [0.3, 0.4) is 0 Å². The van der Waals surface area contributed by atoms with E-state index in [1.54, 1.807) is 0 Å². The van der Waals surface area contributed by atoms with Crippen LogP contribution in [0.1, 0.15) is 64.2 Å². The van der Waals surface area contributed by atoms with Crippen LogP contribution in [0, 0.1) is 11.3 Å². The van der Waals surface area contributed by atoms with E-state index in [9.17, 15) is 4.79 Å². The maximum atomic E-state index is 12.4. The van der Waals surface area contributed by atoms with Gasteiger partial charge < -0.3 is 10.6 Å². The number of likely N-dealkylation sites (tertiary alicyclic amines) is 1. The van der Waals surface area contributed by atoms with Crippen molar-refractivity contribution in [3.05, 3.63) is 0 Å². The van der Waals surface area contributed by atoms with E-state index in [1.165, 1.54) is 44.9 Å². The van der Waals surface area contributed by atoms with Gasteiger partial charge in [0, 0.05) is 25.6 Å². The molecule has 1 heterocycles. The molecule has 3 rings (SSSR count). The molecule has 3 fully saturated rings. The van der Waals surface area contributed by atoms with Gasteiger partial charge in [0.25, 0.3) is 0 Å². The number of amides is 1. The first-order valence-electron chi connectivity index (χ1n) is 8.22. The number of nitrogens with two attached hydrogens (primary N) is 1. The first-order valence-corrected chi connectivity index (χ1v) is 8.22. The van der Waals surface area contributed by atoms with Gasteiger partial charge in [0.05, 0.1) is 0 Å². The molecule has 3 aliphatic rings. The second-order valence-corrected chi connectivity index (χ2v) is 7.18.